The number of aromatic nitrogens is 2. The van der Waals surface area contributed by atoms with Crippen LogP contribution in [0.4, 0.5) is 5.82 Å². The van der Waals surface area contributed by atoms with Crippen LogP contribution in [0.5, 0.6) is 5.75 Å². The highest BCUT2D eigenvalue weighted by Gasteiger charge is 2.27. The van der Waals surface area contributed by atoms with E-state index in [2.05, 4.69) is 9.55 Å². The van der Waals surface area contributed by atoms with Crippen molar-refractivity contribution in [2.24, 2.45) is 0 Å². The molecule has 0 radical (unpaired) electrons. The summed E-state index contributed by atoms with van der Waals surface area (Å²) >= 11 is 0. The number of imidazole rings is 1. The number of nitrogen functional groups attached to an aromatic ring is 1. The fourth-order valence-electron chi connectivity index (χ4n) is 2.06. The van der Waals surface area contributed by atoms with E-state index in [-0.39, 0.29) is 0 Å². The van der Waals surface area contributed by atoms with Gasteiger partial charge < -0.3 is 15.0 Å². The molecular formula is C13H15N3O. The first kappa shape index (κ1) is 10.2. The number of hydrogen-bond donors (Lipinski definition) is 1. The number of nitrogens with zero attached hydrogens (tertiary/aromatic N) is 2. The fourth-order valence-corrected chi connectivity index (χ4v) is 2.06. The maximum atomic E-state index is 6.14. The van der Waals surface area contributed by atoms with Crippen LogP contribution < -0.4 is 10.5 Å². The molecule has 2 aromatic rings. The zero-order chi connectivity index (χ0) is 11.8. The molecule has 1 aromatic heterocycles. The number of hydrogen-bond acceptors (Lipinski definition) is 3. The molecule has 3 rings (SSSR count). The lowest BCUT2D eigenvalue weighted by molar-refractivity contribution is 0.416. The summed E-state index contributed by atoms with van der Waals surface area (Å²) in [5.41, 5.74) is 7.91. The molecule has 4 heteroatoms. The first-order chi connectivity index (χ1) is 8.31. The van der Waals surface area contributed by atoms with Gasteiger partial charge in [0.25, 0.3) is 0 Å². The molecule has 0 saturated heterocycles. The summed E-state index contributed by atoms with van der Waals surface area (Å²) in [5.74, 6) is 1.54. The zero-order valence-corrected chi connectivity index (χ0v) is 9.76. The van der Waals surface area contributed by atoms with Gasteiger partial charge >= 0.3 is 0 Å². The van der Waals surface area contributed by atoms with E-state index in [0.29, 0.717) is 6.04 Å². The minimum absolute atomic E-state index is 0.547. The molecule has 88 valence electrons. The maximum absolute atomic E-state index is 6.14. The summed E-state index contributed by atoms with van der Waals surface area (Å²) in [6.07, 6.45) is 4.23. The van der Waals surface area contributed by atoms with Crippen molar-refractivity contribution in [2.45, 2.75) is 18.9 Å². The molecule has 4 nitrogen and oxygen atoms in total. The number of benzene rings is 1. The Bertz CT molecular complexity index is 543. The molecule has 0 spiro atoms. The molecule has 0 bridgehead atoms. The van der Waals surface area contributed by atoms with Gasteiger partial charge in [-0.2, -0.15) is 0 Å². The second-order valence-electron chi connectivity index (χ2n) is 4.32. The van der Waals surface area contributed by atoms with E-state index >= 15 is 0 Å². The third-order valence-corrected chi connectivity index (χ3v) is 3.13. The molecule has 0 atom stereocenters. The zero-order valence-electron chi connectivity index (χ0n) is 9.76. The van der Waals surface area contributed by atoms with Crippen molar-refractivity contribution in [3.63, 3.8) is 0 Å². The molecule has 2 N–H and O–H groups in total. The maximum Gasteiger partial charge on any atom is 0.131 e. The molecule has 17 heavy (non-hydrogen) atoms. The van der Waals surface area contributed by atoms with Crippen LogP contribution >= 0.6 is 0 Å². The van der Waals surface area contributed by atoms with Crippen LogP contribution in [0, 0.1) is 0 Å². The van der Waals surface area contributed by atoms with Gasteiger partial charge in [-0.3, -0.25) is 0 Å². The Labute approximate surface area is 100 Å². The molecule has 0 aliphatic heterocycles. The number of rotatable bonds is 3. The Morgan fingerprint density at radius 2 is 2.12 bits per heavy atom. The van der Waals surface area contributed by atoms with Crippen molar-refractivity contribution in [3.05, 3.63) is 30.6 Å². The Morgan fingerprint density at radius 3 is 2.82 bits per heavy atom. The molecular weight excluding hydrogens is 214 g/mol. The quantitative estimate of drug-likeness (QED) is 0.879. The van der Waals surface area contributed by atoms with E-state index in [1.807, 2.05) is 30.6 Å². The van der Waals surface area contributed by atoms with Crippen LogP contribution in [0.25, 0.3) is 11.3 Å². The van der Waals surface area contributed by atoms with Crippen LogP contribution in [0.2, 0.25) is 0 Å². The summed E-state index contributed by atoms with van der Waals surface area (Å²) in [7, 11) is 1.66. The summed E-state index contributed by atoms with van der Waals surface area (Å²) in [6.45, 7) is 0. The van der Waals surface area contributed by atoms with Crippen molar-refractivity contribution in [2.75, 3.05) is 12.8 Å². The molecule has 1 aliphatic carbocycles. The largest absolute Gasteiger partial charge is 0.496 e. The minimum atomic E-state index is 0.547. The number of ether oxygens (including phenoxy) is 1. The summed E-state index contributed by atoms with van der Waals surface area (Å²) in [6, 6.07) is 8.36. The predicted molar refractivity (Wildman–Crippen MR) is 66.9 cm³/mol. The molecule has 1 aromatic carbocycles. The average Bonchev–Trinajstić information content (AvgIpc) is 3.13. The van der Waals surface area contributed by atoms with Crippen molar-refractivity contribution in [3.8, 4) is 17.0 Å². The number of anilines is 1. The highest BCUT2D eigenvalue weighted by Crippen LogP contribution is 2.40. The lowest BCUT2D eigenvalue weighted by Crippen LogP contribution is -1.99. The monoisotopic (exact) mass is 229 g/mol. The van der Waals surface area contributed by atoms with Crippen LogP contribution in [-0.2, 0) is 0 Å². The van der Waals surface area contributed by atoms with Crippen molar-refractivity contribution in [1.29, 1.82) is 0 Å². The van der Waals surface area contributed by atoms with E-state index in [1.54, 1.807) is 7.11 Å². The van der Waals surface area contributed by atoms with Crippen LogP contribution in [0.3, 0.4) is 0 Å². The van der Waals surface area contributed by atoms with E-state index in [9.17, 15) is 0 Å². The van der Waals surface area contributed by atoms with Gasteiger partial charge in [-0.05, 0) is 25.0 Å². The van der Waals surface area contributed by atoms with Gasteiger partial charge in [-0.15, -0.1) is 0 Å². The third kappa shape index (κ3) is 1.65. The molecule has 1 fully saturated rings. The smallest absolute Gasteiger partial charge is 0.131 e. The SMILES string of the molecule is COc1ccccc1-c1ncn(C2CC2)c1N. The Balaban J connectivity index is 2.08. The van der Waals surface area contributed by atoms with Gasteiger partial charge in [0.2, 0.25) is 0 Å². The highest BCUT2D eigenvalue weighted by molar-refractivity contribution is 5.75. The topological polar surface area (TPSA) is 53.1 Å². The molecule has 1 saturated carbocycles. The van der Waals surface area contributed by atoms with Gasteiger partial charge in [-0.1, -0.05) is 12.1 Å². The number of para-hydroxylation sites is 1. The number of methoxy groups -OCH3 is 1. The van der Waals surface area contributed by atoms with Gasteiger partial charge in [0, 0.05) is 11.6 Å². The standard InChI is InChI=1S/C13H15N3O/c1-17-11-5-3-2-4-10(11)12-13(14)16(8-15-12)9-6-7-9/h2-5,8-9H,6-7,14H2,1H3. The fraction of sp³-hybridized carbons (Fsp3) is 0.308. The molecule has 1 heterocycles. The lowest BCUT2D eigenvalue weighted by atomic mass is 10.1. The van der Waals surface area contributed by atoms with E-state index in [1.165, 1.54) is 12.8 Å². The summed E-state index contributed by atoms with van der Waals surface area (Å²) in [4.78, 5) is 4.41. The average molecular weight is 229 g/mol. The minimum Gasteiger partial charge on any atom is -0.496 e. The van der Waals surface area contributed by atoms with E-state index < -0.39 is 0 Å². The predicted octanol–water partition coefficient (Wildman–Crippen LogP) is 2.48. The molecule has 1 aliphatic rings. The Morgan fingerprint density at radius 1 is 1.35 bits per heavy atom. The second kappa shape index (κ2) is 3.80. The van der Waals surface area contributed by atoms with E-state index in [4.69, 9.17) is 10.5 Å². The Kier molecular flexibility index (Phi) is 2.28. The highest BCUT2D eigenvalue weighted by atomic mass is 16.5. The van der Waals surface area contributed by atoms with Gasteiger partial charge in [0.05, 0.1) is 13.4 Å². The normalized spacial score (nSPS) is 14.9. The Hall–Kier alpha value is -1.97. The molecule has 0 unspecified atom stereocenters. The van der Waals surface area contributed by atoms with Gasteiger partial charge in [0.15, 0.2) is 0 Å². The molecule has 0 amide bonds. The van der Waals surface area contributed by atoms with Gasteiger partial charge in [-0.25, -0.2) is 4.98 Å². The van der Waals surface area contributed by atoms with Crippen molar-refractivity contribution in [1.82, 2.24) is 9.55 Å². The number of nitrogens with two attached hydrogens (primary N) is 1. The van der Waals surface area contributed by atoms with Crippen LogP contribution in [0.1, 0.15) is 18.9 Å². The van der Waals surface area contributed by atoms with Crippen molar-refractivity contribution >= 4 is 5.82 Å². The van der Waals surface area contributed by atoms with E-state index in [0.717, 1.165) is 22.8 Å². The lowest BCUT2D eigenvalue weighted by Gasteiger charge is -2.07. The summed E-state index contributed by atoms with van der Waals surface area (Å²) in [5, 5.41) is 0. The van der Waals surface area contributed by atoms with Gasteiger partial charge in [0.1, 0.15) is 17.3 Å². The first-order valence-electron chi connectivity index (χ1n) is 5.77. The summed E-state index contributed by atoms with van der Waals surface area (Å²) < 4.78 is 7.39. The van der Waals surface area contributed by atoms with Crippen LogP contribution in [-0.4, -0.2) is 16.7 Å². The second-order valence-corrected chi connectivity index (χ2v) is 4.32. The first-order valence-corrected chi connectivity index (χ1v) is 5.77. The van der Waals surface area contributed by atoms with Crippen LogP contribution in [0.15, 0.2) is 30.6 Å². The third-order valence-electron chi connectivity index (χ3n) is 3.13. The van der Waals surface area contributed by atoms with Crippen molar-refractivity contribution < 1.29 is 4.74 Å².